The molecule has 28 heavy (non-hydrogen) atoms. The van der Waals surface area contributed by atoms with Gasteiger partial charge in [0.05, 0.1) is 10.6 Å². The van der Waals surface area contributed by atoms with Gasteiger partial charge >= 0.3 is 0 Å². The van der Waals surface area contributed by atoms with Gasteiger partial charge in [0.15, 0.2) is 0 Å². The molecule has 3 rings (SSSR count). The van der Waals surface area contributed by atoms with E-state index in [1.54, 1.807) is 11.0 Å². The second-order valence-corrected chi connectivity index (χ2v) is 9.02. The van der Waals surface area contributed by atoms with Crippen molar-refractivity contribution < 1.29 is 14.4 Å². The minimum atomic E-state index is -0.397. The average Bonchev–Trinajstić information content (AvgIpc) is 2.85. The highest BCUT2D eigenvalue weighted by molar-refractivity contribution is 9.10. The Morgan fingerprint density at radius 2 is 1.86 bits per heavy atom. The van der Waals surface area contributed by atoms with E-state index in [1.165, 1.54) is 0 Å². The van der Waals surface area contributed by atoms with Crippen LogP contribution in [0.2, 0.25) is 0 Å². The van der Waals surface area contributed by atoms with Gasteiger partial charge in [-0.3, -0.25) is 19.3 Å². The molecule has 0 unspecified atom stereocenters. The monoisotopic (exact) mass is 465 g/mol. The Balaban J connectivity index is 1.71. The fourth-order valence-electron chi connectivity index (χ4n) is 3.32. The van der Waals surface area contributed by atoms with E-state index in [4.69, 9.17) is 0 Å². The first-order valence-corrected chi connectivity index (χ1v) is 11.0. The fraction of sp³-hybridized carbons (Fsp3) is 0.450. The number of thioether (sulfide) groups is 1. The van der Waals surface area contributed by atoms with Crippen molar-refractivity contribution in [1.82, 2.24) is 9.80 Å². The molecule has 1 aromatic carbocycles. The summed E-state index contributed by atoms with van der Waals surface area (Å²) in [6, 6.07) is 5.76. The molecule has 0 spiro atoms. The second-order valence-electron chi connectivity index (χ2n) is 7.17. The molecular weight excluding hydrogens is 442 g/mol. The van der Waals surface area contributed by atoms with Crippen LogP contribution in [0.3, 0.4) is 0 Å². The van der Waals surface area contributed by atoms with E-state index in [0.29, 0.717) is 18.0 Å². The Hall–Kier alpha value is -1.80. The molecule has 2 aliphatic heterocycles. The Morgan fingerprint density at radius 3 is 2.46 bits per heavy atom. The van der Waals surface area contributed by atoms with Crippen LogP contribution in [0.1, 0.15) is 31.2 Å². The van der Waals surface area contributed by atoms with Crippen LogP contribution in [0.25, 0.3) is 6.08 Å². The molecule has 0 atom stereocenters. The summed E-state index contributed by atoms with van der Waals surface area (Å²) in [6.45, 7) is 1.24. The molecule has 0 aromatic heterocycles. The molecule has 3 amide bonds. The number of nitrogens with zero attached hydrogens (tertiary/aromatic N) is 3. The van der Waals surface area contributed by atoms with Crippen molar-refractivity contribution in [2.24, 2.45) is 0 Å². The number of hydrogen-bond acceptors (Lipinski definition) is 5. The summed E-state index contributed by atoms with van der Waals surface area (Å²) in [5, 5.41) is -0.386. The maximum Gasteiger partial charge on any atom is 0.294 e. The van der Waals surface area contributed by atoms with Crippen molar-refractivity contribution in [3.05, 3.63) is 33.1 Å². The lowest BCUT2D eigenvalue weighted by Gasteiger charge is -2.22. The van der Waals surface area contributed by atoms with Gasteiger partial charge in [-0.25, -0.2) is 0 Å². The zero-order valence-corrected chi connectivity index (χ0v) is 18.5. The zero-order valence-electron chi connectivity index (χ0n) is 16.1. The average molecular weight is 466 g/mol. The Bertz CT molecular complexity index is 817. The zero-order chi connectivity index (χ0) is 20.3. The quantitative estimate of drug-likeness (QED) is 0.629. The maximum atomic E-state index is 12.7. The third-order valence-electron chi connectivity index (χ3n) is 4.88. The van der Waals surface area contributed by atoms with Gasteiger partial charge < -0.3 is 9.80 Å². The van der Waals surface area contributed by atoms with Crippen LogP contribution in [-0.2, 0) is 9.59 Å². The molecule has 6 nitrogen and oxygen atoms in total. The summed E-state index contributed by atoms with van der Waals surface area (Å²) < 4.78 is 0.904. The summed E-state index contributed by atoms with van der Waals surface area (Å²) in [5.41, 5.74) is 1.84. The van der Waals surface area contributed by atoms with Crippen molar-refractivity contribution in [2.45, 2.75) is 25.7 Å². The molecule has 0 N–H and O–H groups in total. The normalized spacial score (nSPS) is 19.3. The van der Waals surface area contributed by atoms with Gasteiger partial charge in [-0.2, -0.15) is 0 Å². The lowest BCUT2D eigenvalue weighted by atomic mass is 10.2. The number of amides is 3. The highest BCUT2D eigenvalue weighted by atomic mass is 79.9. The van der Waals surface area contributed by atoms with Crippen LogP contribution in [0.5, 0.6) is 0 Å². The van der Waals surface area contributed by atoms with Crippen LogP contribution in [-0.4, -0.2) is 60.6 Å². The first-order valence-electron chi connectivity index (χ1n) is 9.37. The summed E-state index contributed by atoms with van der Waals surface area (Å²) in [7, 11) is 3.90. The number of anilines is 1. The van der Waals surface area contributed by atoms with Gasteiger partial charge in [0.25, 0.3) is 11.1 Å². The summed E-state index contributed by atoms with van der Waals surface area (Å²) in [5.74, 6) is -0.547. The van der Waals surface area contributed by atoms with Gasteiger partial charge in [0, 0.05) is 31.7 Å². The minimum absolute atomic E-state index is 0.150. The van der Waals surface area contributed by atoms with Crippen molar-refractivity contribution in [1.29, 1.82) is 0 Å². The third kappa shape index (κ3) is 4.78. The van der Waals surface area contributed by atoms with Gasteiger partial charge in [-0.15, -0.1) is 0 Å². The number of rotatable bonds is 4. The van der Waals surface area contributed by atoms with E-state index in [9.17, 15) is 14.4 Å². The summed E-state index contributed by atoms with van der Waals surface area (Å²) >= 11 is 4.42. The van der Waals surface area contributed by atoms with E-state index < -0.39 is 5.91 Å². The van der Waals surface area contributed by atoms with Crippen molar-refractivity contribution >= 4 is 56.5 Å². The SMILES string of the molecule is CN(C)c1ccc(C=C2SC(=O)N(CC(=O)N3CCCCCC3)C2=O)cc1Br. The summed E-state index contributed by atoms with van der Waals surface area (Å²) in [6.07, 6.45) is 5.90. The Morgan fingerprint density at radius 1 is 1.18 bits per heavy atom. The Kier molecular flexibility index (Phi) is 6.82. The molecule has 0 bridgehead atoms. The molecular formula is C20H24BrN3O3S. The number of imide groups is 1. The number of benzene rings is 1. The van der Waals surface area contributed by atoms with Gasteiger partial charge in [0.2, 0.25) is 5.91 Å². The highest BCUT2D eigenvalue weighted by Crippen LogP contribution is 2.33. The topological polar surface area (TPSA) is 60.9 Å². The van der Waals surface area contributed by atoms with Crippen LogP contribution in [0, 0.1) is 0 Å². The molecule has 2 fully saturated rings. The van der Waals surface area contributed by atoms with Gasteiger partial charge in [-0.1, -0.05) is 18.9 Å². The standard InChI is InChI=1S/C20H24BrN3O3S/c1-22(2)16-8-7-14(11-15(16)21)12-17-19(26)24(20(27)28-17)13-18(25)23-9-5-3-4-6-10-23/h7-8,11-12H,3-6,9-10,13H2,1-2H3. The third-order valence-corrected chi connectivity index (χ3v) is 6.42. The van der Waals surface area contributed by atoms with Crippen molar-refractivity contribution in [3.8, 4) is 0 Å². The number of carbonyl (C=O) groups is 3. The maximum absolute atomic E-state index is 12.7. The Labute approximate surface area is 178 Å². The molecule has 2 saturated heterocycles. The van der Waals surface area contributed by atoms with E-state index >= 15 is 0 Å². The second kappa shape index (κ2) is 9.13. The van der Waals surface area contributed by atoms with Crippen molar-refractivity contribution in [3.63, 3.8) is 0 Å². The lowest BCUT2D eigenvalue weighted by Crippen LogP contribution is -2.42. The minimum Gasteiger partial charge on any atom is -0.377 e. The predicted molar refractivity (Wildman–Crippen MR) is 116 cm³/mol. The molecule has 2 aliphatic rings. The van der Waals surface area contributed by atoms with Crippen molar-refractivity contribution in [2.75, 3.05) is 38.6 Å². The lowest BCUT2D eigenvalue weighted by molar-refractivity contribution is -0.135. The molecule has 150 valence electrons. The fourth-order valence-corrected chi connectivity index (χ4v) is 4.91. The molecule has 0 radical (unpaired) electrons. The highest BCUT2D eigenvalue weighted by Gasteiger charge is 2.37. The van der Waals surface area contributed by atoms with Crippen LogP contribution in [0.15, 0.2) is 27.6 Å². The first-order chi connectivity index (χ1) is 13.4. The van der Waals surface area contributed by atoms with Gasteiger partial charge in [-0.05, 0) is 64.3 Å². The number of likely N-dealkylation sites (tertiary alicyclic amines) is 1. The number of hydrogen-bond donors (Lipinski definition) is 0. The molecule has 0 aliphatic carbocycles. The molecule has 2 heterocycles. The first kappa shape index (κ1) is 20.9. The van der Waals surface area contributed by atoms with Crippen LogP contribution in [0.4, 0.5) is 10.5 Å². The summed E-state index contributed by atoms with van der Waals surface area (Å²) in [4.78, 5) is 42.7. The van der Waals surface area contributed by atoms with E-state index in [2.05, 4.69) is 15.9 Å². The molecule has 1 aromatic rings. The number of halogens is 1. The predicted octanol–water partition coefficient (Wildman–Crippen LogP) is 3.95. The van der Waals surface area contributed by atoms with Gasteiger partial charge in [0.1, 0.15) is 6.54 Å². The van der Waals surface area contributed by atoms with Crippen LogP contribution < -0.4 is 4.90 Å². The van der Waals surface area contributed by atoms with E-state index in [1.807, 2.05) is 37.2 Å². The smallest absolute Gasteiger partial charge is 0.294 e. The van der Waals surface area contributed by atoms with E-state index in [0.717, 1.165) is 58.1 Å². The molecule has 8 heteroatoms. The van der Waals surface area contributed by atoms with Crippen LogP contribution >= 0.6 is 27.7 Å². The van der Waals surface area contributed by atoms with E-state index in [-0.39, 0.29) is 17.7 Å². The molecule has 0 saturated carbocycles. The largest absolute Gasteiger partial charge is 0.377 e. The number of carbonyl (C=O) groups excluding carboxylic acids is 3.